The standard InChI is InChI=1S/C18H18FN3S/c1-13(11-12-14-7-3-2-4-8-14)23-18-20-17(21-22-18)15-9-5-6-10-16(15)19/h2-10,13H,11-12H2,1H3,(H,20,21,22). The first kappa shape index (κ1) is 15.7. The Morgan fingerprint density at radius 2 is 1.83 bits per heavy atom. The average Bonchev–Trinajstić information content (AvgIpc) is 3.02. The first-order valence-electron chi connectivity index (χ1n) is 7.60. The highest BCUT2D eigenvalue weighted by atomic mass is 32.2. The van der Waals surface area contributed by atoms with Crippen LogP contribution in [0.5, 0.6) is 0 Å². The number of aromatic nitrogens is 3. The highest BCUT2D eigenvalue weighted by Gasteiger charge is 2.12. The maximum Gasteiger partial charge on any atom is 0.209 e. The van der Waals surface area contributed by atoms with E-state index in [-0.39, 0.29) is 5.82 Å². The summed E-state index contributed by atoms with van der Waals surface area (Å²) in [4.78, 5) is 4.39. The molecule has 1 atom stereocenters. The summed E-state index contributed by atoms with van der Waals surface area (Å²) in [6.45, 7) is 2.16. The van der Waals surface area contributed by atoms with Gasteiger partial charge < -0.3 is 0 Å². The number of nitrogens with one attached hydrogen (secondary N) is 1. The van der Waals surface area contributed by atoms with E-state index in [0.717, 1.165) is 12.8 Å². The molecule has 0 aliphatic rings. The Bertz CT molecular complexity index is 758. The van der Waals surface area contributed by atoms with Crippen molar-refractivity contribution in [3.8, 4) is 11.4 Å². The average molecular weight is 327 g/mol. The van der Waals surface area contributed by atoms with Gasteiger partial charge in [0.1, 0.15) is 5.82 Å². The van der Waals surface area contributed by atoms with Gasteiger partial charge in [0.2, 0.25) is 5.16 Å². The van der Waals surface area contributed by atoms with Crippen LogP contribution in [-0.2, 0) is 6.42 Å². The fourth-order valence-electron chi connectivity index (χ4n) is 2.33. The SMILES string of the molecule is CC(CCc1ccccc1)Sc1n[nH]c(-c2ccccc2F)n1. The third-order valence-electron chi connectivity index (χ3n) is 3.58. The first-order valence-corrected chi connectivity index (χ1v) is 8.48. The summed E-state index contributed by atoms with van der Waals surface area (Å²) < 4.78 is 13.8. The van der Waals surface area contributed by atoms with Gasteiger partial charge in [0.15, 0.2) is 5.82 Å². The number of thioether (sulfide) groups is 1. The van der Waals surface area contributed by atoms with Crippen LogP contribution < -0.4 is 0 Å². The lowest BCUT2D eigenvalue weighted by molar-refractivity contribution is 0.630. The number of halogens is 1. The summed E-state index contributed by atoms with van der Waals surface area (Å²) >= 11 is 1.61. The number of benzene rings is 2. The Morgan fingerprint density at radius 1 is 1.09 bits per heavy atom. The van der Waals surface area contributed by atoms with Crippen molar-refractivity contribution < 1.29 is 4.39 Å². The molecule has 1 aromatic heterocycles. The minimum absolute atomic E-state index is 0.294. The lowest BCUT2D eigenvalue weighted by Gasteiger charge is -2.08. The van der Waals surface area contributed by atoms with Crippen molar-refractivity contribution in [3.05, 3.63) is 66.0 Å². The molecule has 1 heterocycles. The van der Waals surface area contributed by atoms with Gasteiger partial charge in [-0.3, -0.25) is 5.10 Å². The van der Waals surface area contributed by atoms with E-state index in [1.807, 2.05) is 6.07 Å². The number of hydrogen-bond acceptors (Lipinski definition) is 3. The van der Waals surface area contributed by atoms with Crippen molar-refractivity contribution in [2.75, 3.05) is 0 Å². The summed E-state index contributed by atoms with van der Waals surface area (Å²) in [7, 11) is 0. The van der Waals surface area contributed by atoms with Crippen molar-refractivity contribution in [1.82, 2.24) is 15.2 Å². The lowest BCUT2D eigenvalue weighted by atomic mass is 10.1. The van der Waals surface area contributed by atoms with E-state index >= 15 is 0 Å². The fourth-order valence-corrected chi connectivity index (χ4v) is 3.16. The smallest absolute Gasteiger partial charge is 0.209 e. The van der Waals surface area contributed by atoms with Gasteiger partial charge in [-0.1, -0.05) is 61.2 Å². The largest absolute Gasteiger partial charge is 0.258 e. The molecule has 0 bridgehead atoms. The van der Waals surface area contributed by atoms with Crippen LogP contribution in [-0.4, -0.2) is 20.4 Å². The van der Waals surface area contributed by atoms with Gasteiger partial charge in [0, 0.05) is 5.25 Å². The van der Waals surface area contributed by atoms with Crippen LogP contribution in [0.1, 0.15) is 18.9 Å². The van der Waals surface area contributed by atoms with Gasteiger partial charge in [-0.15, -0.1) is 5.10 Å². The van der Waals surface area contributed by atoms with Crippen LogP contribution in [0.15, 0.2) is 59.8 Å². The number of aryl methyl sites for hydroxylation is 1. The van der Waals surface area contributed by atoms with Crippen LogP contribution in [0.25, 0.3) is 11.4 Å². The molecule has 3 rings (SSSR count). The highest BCUT2D eigenvalue weighted by Crippen LogP contribution is 2.26. The molecule has 23 heavy (non-hydrogen) atoms. The zero-order chi connectivity index (χ0) is 16.1. The molecule has 0 spiro atoms. The molecular weight excluding hydrogens is 309 g/mol. The van der Waals surface area contributed by atoms with Crippen molar-refractivity contribution in [1.29, 1.82) is 0 Å². The highest BCUT2D eigenvalue weighted by molar-refractivity contribution is 7.99. The molecule has 0 radical (unpaired) electrons. The molecule has 0 amide bonds. The molecule has 3 aromatic rings. The summed E-state index contributed by atoms with van der Waals surface area (Å²) in [5, 5.41) is 8.05. The molecule has 0 aliphatic heterocycles. The van der Waals surface area contributed by atoms with Crippen molar-refractivity contribution in [2.45, 2.75) is 30.2 Å². The molecule has 0 saturated carbocycles. The second kappa shape index (κ2) is 7.42. The van der Waals surface area contributed by atoms with E-state index in [0.29, 0.717) is 21.8 Å². The van der Waals surface area contributed by atoms with E-state index in [1.165, 1.54) is 11.6 Å². The predicted molar refractivity (Wildman–Crippen MR) is 91.9 cm³/mol. The quantitative estimate of drug-likeness (QED) is 0.666. The van der Waals surface area contributed by atoms with Crippen LogP contribution in [0, 0.1) is 5.82 Å². The van der Waals surface area contributed by atoms with Crippen LogP contribution in [0.4, 0.5) is 4.39 Å². The Kier molecular flexibility index (Phi) is 5.08. The monoisotopic (exact) mass is 327 g/mol. The summed E-state index contributed by atoms with van der Waals surface area (Å²) in [5.41, 5.74) is 1.78. The minimum Gasteiger partial charge on any atom is -0.258 e. The molecule has 118 valence electrons. The first-order chi connectivity index (χ1) is 11.2. The Morgan fingerprint density at radius 3 is 2.61 bits per heavy atom. The Labute approximate surface area is 139 Å². The maximum absolute atomic E-state index is 13.8. The fraction of sp³-hybridized carbons (Fsp3) is 0.222. The summed E-state index contributed by atoms with van der Waals surface area (Å²) in [6.07, 6.45) is 2.07. The molecule has 0 aliphatic carbocycles. The van der Waals surface area contributed by atoms with E-state index in [2.05, 4.69) is 46.4 Å². The molecule has 3 nitrogen and oxygen atoms in total. The molecular formula is C18H18FN3S. The van der Waals surface area contributed by atoms with Crippen LogP contribution in [0.2, 0.25) is 0 Å². The lowest BCUT2D eigenvalue weighted by Crippen LogP contribution is -1.99. The second-order valence-corrected chi connectivity index (χ2v) is 6.80. The van der Waals surface area contributed by atoms with Crippen molar-refractivity contribution in [3.63, 3.8) is 0 Å². The molecule has 0 fully saturated rings. The number of rotatable bonds is 6. The van der Waals surface area contributed by atoms with Gasteiger partial charge >= 0.3 is 0 Å². The number of hydrogen-bond donors (Lipinski definition) is 1. The zero-order valence-electron chi connectivity index (χ0n) is 12.9. The minimum atomic E-state index is -0.294. The van der Waals surface area contributed by atoms with Crippen LogP contribution in [0.3, 0.4) is 0 Å². The second-order valence-electron chi connectivity index (χ2n) is 5.40. The summed E-state index contributed by atoms with van der Waals surface area (Å²) in [6, 6.07) is 17.0. The third kappa shape index (κ3) is 4.20. The van der Waals surface area contributed by atoms with E-state index in [4.69, 9.17) is 0 Å². The molecule has 2 aromatic carbocycles. The maximum atomic E-state index is 13.8. The van der Waals surface area contributed by atoms with E-state index in [1.54, 1.807) is 30.0 Å². The molecule has 1 unspecified atom stereocenters. The van der Waals surface area contributed by atoms with E-state index in [9.17, 15) is 4.39 Å². The van der Waals surface area contributed by atoms with E-state index < -0.39 is 0 Å². The topological polar surface area (TPSA) is 41.6 Å². The van der Waals surface area contributed by atoms with Crippen LogP contribution >= 0.6 is 11.8 Å². The predicted octanol–water partition coefficient (Wildman–Crippen LogP) is 4.72. The van der Waals surface area contributed by atoms with Crippen molar-refractivity contribution >= 4 is 11.8 Å². The van der Waals surface area contributed by atoms with Crippen molar-refractivity contribution in [2.24, 2.45) is 0 Å². The number of nitrogens with zero attached hydrogens (tertiary/aromatic N) is 2. The van der Waals surface area contributed by atoms with Gasteiger partial charge in [-0.05, 0) is 30.5 Å². The normalized spacial score (nSPS) is 12.3. The van der Waals surface area contributed by atoms with Gasteiger partial charge in [-0.2, -0.15) is 0 Å². The zero-order valence-corrected chi connectivity index (χ0v) is 13.7. The van der Waals surface area contributed by atoms with Gasteiger partial charge in [0.05, 0.1) is 5.56 Å². The Balaban J connectivity index is 1.59. The third-order valence-corrected chi connectivity index (χ3v) is 4.61. The Hall–Kier alpha value is -2.14. The number of aromatic amines is 1. The molecule has 5 heteroatoms. The molecule has 0 saturated heterocycles. The molecule has 1 N–H and O–H groups in total. The van der Waals surface area contributed by atoms with Gasteiger partial charge in [-0.25, -0.2) is 9.37 Å². The number of H-pyrrole nitrogens is 1. The van der Waals surface area contributed by atoms with Gasteiger partial charge in [0.25, 0.3) is 0 Å². The summed E-state index contributed by atoms with van der Waals surface area (Å²) in [5.74, 6) is 0.179.